The van der Waals surface area contributed by atoms with E-state index < -0.39 is 11.7 Å². The van der Waals surface area contributed by atoms with Gasteiger partial charge in [-0.05, 0) is 18.2 Å². The van der Waals surface area contributed by atoms with Gasteiger partial charge in [-0.3, -0.25) is 4.79 Å². The highest BCUT2D eigenvalue weighted by molar-refractivity contribution is 5.85. The quantitative estimate of drug-likeness (QED) is 0.823. The van der Waals surface area contributed by atoms with Crippen molar-refractivity contribution in [1.82, 2.24) is 5.32 Å². The van der Waals surface area contributed by atoms with Crippen molar-refractivity contribution in [2.75, 3.05) is 31.1 Å². The molecule has 0 bridgehead atoms. The zero-order valence-corrected chi connectivity index (χ0v) is 9.63. The van der Waals surface area contributed by atoms with Crippen LogP contribution in [0.5, 0.6) is 0 Å². The summed E-state index contributed by atoms with van der Waals surface area (Å²) >= 11 is 0. The van der Waals surface area contributed by atoms with Crippen LogP contribution in [0, 0.1) is 0 Å². The SMILES string of the molecule is O=Cc1ccc(C(F)(F)F)cc1N1CCNCC1. The first-order chi connectivity index (χ1) is 8.52. The zero-order chi connectivity index (χ0) is 13.2. The maximum Gasteiger partial charge on any atom is 0.416 e. The molecule has 1 heterocycles. The van der Waals surface area contributed by atoms with Gasteiger partial charge in [0.05, 0.1) is 5.56 Å². The summed E-state index contributed by atoms with van der Waals surface area (Å²) in [4.78, 5) is 12.7. The number of nitrogens with one attached hydrogen (secondary N) is 1. The van der Waals surface area contributed by atoms with E-state index in [0.29, 0.717) is 43.7 Å². The minimum atomic E-state index is -4.38. The lowest BCUT2D eigenvalue weighted by molar-refractivity contribution is -0.137. The molecule has 6 heteroatoms. The molecule has 0 atom stereocenters. The average Bonchev–Trinajstić information content (AvgIpc) is 2.38. The first-order valence-electron chi connectivity index (χ1n) is 5.64. The van der Waals surface area contributed by atoms with E-state index in [2.05, 4.69) is 5.32 Å². The van der Waals surface area contributed by atoms with Gasteiger partial charge in [0.1, 0.15) is 0 Å². The minimum absolute atomic E-state index is 0.296. The first kappa shape index (κ1) is 12.9. The van der Waals surface area contributed by atoms with Crippen LogP contribution in [-0.2, 0) is 6.18 Å². The van der Waals surface area contributed by atoms with Crippen molar-refractivity contribution in [3.8, 4) is 0 Å². The van der Waals surface area contributed by atoms with Gasteiger partial charge in [-0.15, -0.1) is 0 Å². The standard InChI is InChI=1S/C12H13F3N2O/c13-12(14,15)10-2-1-9(8-18)11(7-10)17-5-3-16-4-6-17/h1-2,7-8,16H,3-6H2. The third-order valence-corrected chi connectivity index (χ3v) is 2.94. The second kappa shape index (κ2) is 4.97. The summed E-state index contributed by atoms with van der Waals surface area (Å²) in [6.07, 6.45) is -3.79. The lowest BCUT2D eigenvalue weighted by Gasteiger charge is -2.30. The lowest BCUT2D eigenvalue weighted by Crippen LogP contribution is -2.44. The molecular formula is C12H13F3N2O. The lowest BCUT2D eigenvalue weighted by atomic mass is 10.1. The summed E-state index contributed by atoms with van der Waals surface area (Å²) in [5, 5.41) is 3.11. The molecule has 98 valence electrons. The molecular weight excluding hydrogens is 245 g/mol. The van der Waals surface area contributed by atoms with Crippen LogP contribution in [0.25, 0.3) is 0 Å². The second-order valence-electron chi connectivity index (χ2n) is 4.13. The van der Waals surface area contributed by atoms with Crippen LogP contribution in [0.4, 0.5) is 18.9 Å². The molecule has 18 heavy (non-hydrogen) atoms. The molecule has 1 aromatic carbocycles. The second-order valence-corrected chi connectivity index (χ2v) is 4.13. The van der Waals surface area contributed by atoms with Gasteiger partial charge in [-0.1, -0.05) is 0 Å². The molecule has 0 aliphatic carbocycles. The summed E-state index contributed by atoms with van der Waals surface area (Å²) in [5.74, 6) is 0. The van der Waals surface area contributed by atoms with Crippen molar-refractivity contribution in [2.24, 2.45) is 0 Å². The van der Waals surface area contributed by atoms with E-state index in [1.807, 2.05) is 0 Å². The van der Waals surface area contributed by atoms with E-state index in [-0.39, 0.29) is 0 Å². The summed E-state index contributed by atoms with van der Waals surface area (Å²) in [6, 6.07) is 3.22. The van der Waals surface area contributed by atoms with E-state index in [0.717, 1.165) is 12.1 Å². The fraction of sp³-hybridized carbons (Fsp3) is 0.417. The number of hydrogen-bond donors (Lipinski definition) is 1. The first-order valence-corrected chi connectivity index (χ1v) is 5.64. The van der Waals surface area contributed by atoms with Crippen molar-refractivity contribution >= 4 is 12.0 Å². The van der Waals surface area contributed by atoms with Gasteiger partial charge in [0.15, 0.2) is 6.29 Å². The molecule has 0 radical (unpaired) electrons. The van der Waals surface area contributed by atoms with Crippen LogP contribution in [0.15, 0.2) is 18.2 Å². The molecule has 2 rings (SSSR count). The van der Waals surface area contributed by atoms with Crippen LogP contribution < -0.4 is 10.2 Å². The van der Waals surface area contributed by atoms with Gasteiger partial charge in [-0.2, -0.15) is 13.2 Å². The fourth-order valence-corrected chi connectivity index (χ4v) is 2.00. The van der Waals surface area contributed by atoms with Crippen LogP contribution >= 0.6 is 0 Å². The number of anilines is 1. The molecule has 1 aliphatic rings. The molecule has 1 aromatic rings. The predicted molar refractivity (Wildman–Crippen MR) is 61.9 cm³/mol. The average molecular weight is 258 g/mol. The van der Waals surface area contributed by atoms with E-state index >= 15 is 0 Å². The number of carbonyl (C=O) groups is 1. The number of benzene rings is 1. The van der Waals surface area contributed by atoms with E-state index in [1.54, 1.807) is 4.90 Å². The van der Waals surface area contributed by atoms with E-state index in [4.69, 9.17) is 0 Å². The summed E-state index contributed by atoms with van der Waals surface area (Å²) in [6.45, 7) is 2.60. The Morgan fingerprint density at radius 2 is 1.89 bits per heavy atom. The topological polar surface area (TPSA) is 32.3 Å². The monoisotopic (exact) mass is 258 g/mol. The maximum atomic E-state index is 12.7. The molecule has 3 nitrogen and oxygen atoms in total. The van der Waals surface area contributed by atoms with Crippen molar-refractivity contribution in [3.63, 3.8) is 0 Å². The highest BCUT2D eigenvalue weighted by atomic mass is 19.4. The molecule has 1 fully saturated rings. The molecule has 1 aliphatic heterocycles. The number of piperazine rings is 1. The molecule has 0 spiro atoms. The number of nitrogens with zero attached hydrogens (tertiary/aromatic N) is 1. The Bertz CT molecular complexity index is 439. The third-order valence-electron chi connectivity index (χ3n) is 2.94. The summed E-state index contributed by atoms with van der Waals surface area (Å²) in [5.41, 5.74) is -0.0622. The molecule has 1 saturated heterocycles. The van der Waals surface area contributed by atoms with Gasteiger partial charge >= 0.3 is 6.18 Å². The number of hydrogen-bond acceptors (Lipinski definition) is 3. The Balaban J connectivity index is 2.38. The fourth-order valence-electron chi connectivity index (χ4n) is 2.00. The largest absolute Gasteiger partial charge is 0.416 e. The zero-order valence-electron chi connectivity index (χ0n) is 9.63. The highest BCUT2D eigenvalue weighted by Crippen LogP contribution is 2.33. The van der Waals surface area contributed by atoms with Gasteiger partial charge in [0.2, 0.25) is 0 Å². The number of rotatable bonds is 2. The normalized spacial score (nSPS) is 16.7. The van der Waals surface area contributed by atoms with Crippen LogP contribution in [-0.4, -0.2) is 32.5 Å². The van der Waals surface area contributed by atoms with E-state index in [1.165, 1.54) is 6.07 Å². The summed E-state index contributed by atoms with van der Waals surface area (Å²) in [7, 11) is 0. The number of aldehydes is 1. The molecule has 0 aromatic heterocycles. The highest BCUT2D eigenvalue weighted by Gasteiger charge is 2.31. The van der Waals surface area contributed by atoms with Crippen LogP contribution in [0.2, 0.25) is 0 Å². The van der Waals surface area contributed by atoms with E-state index in [9.17, 15) is 18.0 Å². The molecule has 0 saturated carbocycles. The van der Waals surface area contributed by atoms with Gasteiger partial charge in [-0.25, -0.2) is 0 Å². The van der Waals surface area contributed by atoms with Gasteiger partial charge in [0, 0.05) is 37.4 Å². The number of carbonyl (C=O) groups excluding carboxylic acids is 1. The van der Waals surface area contributed by atoms with Crippen molar-refractivity contribution in [3.05, 3.63) is 29.3 Å². The van der Waals surface area contributed by atoms with Crippen molar-refractivity contribution in [2.45, 2.75) is 6.18 Å². The minimum Gasteiger partial charge on any atom is -0.368 e. The van der Waals surface area contributed by atoms with Crippen molar-refractivity contribution < 1.29 is 18.0 Å². The molecule has 0 amide bonds. The van der Waals surface area contributed by atoms with Gasteiger partial charge in [0.25, 0.3) is 0 Å². The maximum absolute atomic E-state index is 12.7. The Labute approximate surface area is 103 Å². The smallest absolute Gasteiger partial charge is 0.368 e. The van der Waals surface area contributed by atoms with Crippen LogP contribution in [0.1, 0.15) is 15.9 Å². The number of alkyl halides is 3. The Morgan fingerprint density at radius 3 is 2.44 bits per heavy atom. The Kier molecular flexibility index (Phi) is 3.56. The Hall–Kier alpha value is -1.56. The van der Waals surface area contributed by atoms with Gasteiger partial charge < -0.3 is 10.2 Å². The Morgan fingerprint density at radius 1 is 1.22 bits per heavy atom. The summed E-state index contributed by atoms with van der Waals surface area (Å²) < 4.78 is 38.0. The molecule has 0 unspecified atom stereocenters. The predicted octanol–water partition coefficient (Wildman–Crippen LogP) is 1.93. The third kappa shape index (κ3) is 2.64. The van der Waals surface area contributed by atoms with Crippen LogP contribution in [0.3, 0.4) is 0 Å². The molecule has 1 N–H and O–H groups in total. The van der Waals surface area contributed by atoms with Crippen molar-refractivity contribution in [1.29, 1.82) is 0 Å². The number of halogens is 3.